The lowest BCUT2D eigenvalue weighted by atomic mass is 9.90. The molecule has 2 rings (SSSR count). The van der Waals surface area contributed by atoms with E-state index in [1.54, 1.807) is 0 Å². The van der Waals surface area contributed by atoms with Crippen molar-refractivity contribution < 1.29 is 5.11 Å². The second-order valence-corrected chi connectivity index (χ2v) is 6.84. The molecule has 0 radical (unpaired) electrons. The Balaban J connectivity index is 1.96. The summed E-state index contributed by atoms with van der Waals surface area (Å²) < 4.78 is 0. The first-order chi connectivity index (χ1) is 8.42. The van der Waals surface area contributed by atoms with Gasteiger partial charge in [0.25, 0.3) is 0 Å². The summed E-state index contributed by atoms with van der Waals surface area (Å²) in [5.74, 6) is 0.310. The molecule has 2 aliphatic heterocycles. The van der Waals surface area contributed by atoms with E-state index in [9.17, 15) is 5.11 Å². The molecule has 0 spiro atoms. The topological polar surface area (TPSA) is 35.5 Å². The number of hydrogen-bond donors (Lipinski definition) is 2. The first-order valence-electron chi connectivity index (χ1n) is 7.65. The van der Waals surface area contributed by atoms with Gasteiger partial charge in [-0.05, 0) is 45.1 Å². The van der Waals surface area contributed by atoms with Gasteiger partial charge in [0, 0.05) is 24.7 Å². The number of aliphatic hydroxyl groups is 1. The van der Waals surface area contributed by atoms with Crippen LogP contribution >= 0.6 is 0 Å². The van der Waals surface area contributed by atoms with Crippen molar-refractivity contribution in [1.82, 2.24) is 10.2 Å². The first-order valence-corrected chi connectivity index (χ1v) is 7.65. The van der Waals surface area contributed by atoms with Gasteiger partial charge < -0.3 is 10.4 Å². The van der Waals surface area contributed by atoms with Gasteiger partial charge in [0.15, 0.2) is 0 Å². The van der Waals surface area contributed by atoms with E-state index in [0.717, 1.165) is 25.2 Å². The minimum absolute atomic E-state index is 0.310. The Kier molecular flexibility index (Phi) is 4.35. The highest BCUT2D eigenvalue weighted by molar-refractivity contribution is 4.96. The molecule has 3 atom stereocenters. The molecule has 0 aliphatic carbocycles. The minimum atomic E-state index is -0.570. The molecule has 106 valence electrons. The highest BCUT2D eigenvalue weighted by Gasteiger charge is 2.38. The Bertz CT molecular complexity index is 266. The Morgan fingerprint density at radius 2 is 1.83 bits per heavy atom. The fourth-order valence-electron chi connectivity index (χ4n) is 3.42. The lowest BCUT2D eigenvalue weighted by Gasteiger charge is -2.41. The van der Waals surface area contributed by atoms with Crippen molar-refractivity contribution in [3.8, 4) is 0 Å². The van der Waals surface area contributed by atoms with E-state index in [4.69, 9.17) is 0 Å². The second kappa shape index (κ2) is 5.48. The van der Waals surface area contributed by atoms with Crippen molar-refractivity contribution in [3.63, 3.8) is 0 Å². The monoisotopic (exact) mass is 254 g/mol. The number of likely N-dealkylation sites (N-methyl/N-ethyl adjacent to an activating group) is 1. The smallest absolute Gasteiger partial charge is 0.0768 e. The van der Waals surface area contributed by atoms with Crippen LogP contribution in [0.4, 0.5) is 0 Å². The van der Waals surface area contributed by atoms with Crippen molar-refractivity contribution in [2.24, 2.45) is 5.92 Å². The van der Waals surface area contributed by atoms with Gasteiger partial charge in [-0.3, -0.25) is 4.90 Å². The highest BCUT2D eigenvalue weighted by atomic mass is 16.3. The molecule has 3 nitrogen and oxygen atoms in total. The second-order valence-electron chi connectivity index (χ2n) is 6.84. The summed E-state index contributed by atoms with van der Waals surface area (Å²) in [4.78, 5) is 2.51. The van der Waals surface area contributed by atoms with E-state index < -0.39 is 5.60 Å². The molecular formula is C15H30N2O. The molecule has 2 bridgehead atoms. The maximum Gasteiger partial charge on any atom is 0.0768 e. The van der Waals surface area contributed by atoms with E-state index in [1.807, 2.05) is 6.92 Å². The van der Waals surface area contributed by atoms with Crippen LogP contribution in [0.1, 0.15) is 53.4 Å². The summed E-state index contributed by atoms with van der Waals surface area (Å²) in [5, 5.41) is 14.2. The molecule has 0 aromatic heterocycles. The van der Waals surface area contributed by atoms with Crippen LogP contribution in [0.3, 0.4) is 0 Å². The zero-order valence-corrected chi connectivity index (χ0v) is 12.4. The molecular weight excluding hydrogens is 224 g/mol. The lowest BCUT2D eigenvalue weighted by Crippen LogP contribution is -2.53. The average Bonchev–Trinajstić information content (AvgIpc) is 2.65. The van der Waals surface area contributed by atoms with Crippen LogP contribution < -0.4 is 5.32 Å². The Morgan fingerprint density at radius 3 is 2.28 bits per heavy atom. The van der Waals surface area contributed by atoms with Crippen molar-refractivity contribution in [2.45, 2.75) is 77.1 Å². The largest absolute Gasteiger partial charge is 0.389 e. The number of fused-ring (bicyclic) bond motifs is 2. The summed E-state index contributed by atoms with van der Waals surface area (Å²) >= 11 is 0. The summed E-state index contributed by atoms with van der Waals surface area (Å²) in [6.45, 7) is 10.3. The molecule has 0 amide bonds. The number of rotatable bonds is 5. The van der Waals surface area contributed by atoms with Gasteiger partial charge in [-0.1, -0.05) is 20.8 Å². The van der Waals surface area contributed by atoms with Crippen LogP contribution in [0.2, 0.25) is 0 Å². The number of nitrogens with zero attached hydrogens (tertiary/aromatic N) is 1. The molecule has 2 saturated heterocycles. The quantitative estimate of drug-likeness (QED) is 0.788. The Morgan fingerprint density at radius 1 is 1.28 bits per heavy atom. The van der Waals surface area contributed by atoms with Crippen molar-refractivity contribution in [2.75, 3.05) is 13.1 Å². The molecule has 3 heteroatoms. The number of hydrogen-bond acceptors (Lipinski definition) is 3. The predicted molar refractivity (Wildman–Crippen MR) is 75.7 cm³/mol. The summed E-state index contributed by atoms with van der Waals surface area (Å²) in [7, 11) is 0. The van der Waals surface area contributed by atoms with E-state index in [-0.39, 0.29) is 0 Å². The van der Waals surface area contributed by atoms with Gasteiger partial charge >= 0.3 is 0 Å². The third-order valence-corrected chi connectivity index (χ3v) is 5.14. The maximum absolute atomic E-state index is 10.5. The third kappa shape index (κ3) is 3.06. The van der Waals surface area contributed by atoms with Gasteiger partial charge in [-0.2, -0.15) is 0 Å². The van der Waals surface area contributed by atoms with Crippen molar-refractivity contribution in [1.29, 1.82) is 0 Å². The normalized spacial score (nSPS) is 35.2. The third-order valence-electron chi connectivity index (χ3n) is 5.14. The molecule has 2 aliphatic rings. The van der Waals surface area contributed by atoms with E-state index in [1.165, 1.54) is 25.7 Å². The molecule has 0 saturated carbocycles. The Labute approximate surface area is 112 Å². The predicted octanol–water partition coefficient (Wildman–Crippen LogP) is 2.00. The lowest BCUT2D eigenvalue weighted by molar-refractivity contribution is -0.0330. The molecule has 2 N–H and O–H groups in total. The van der Waals surface area contributed by atoms with Gasteiger partial charge in [-0.25, -0.2) is 0 Å². The molecule has 0 aromatic carbocycles. The first kappa shape index (κ1) is 14.3. The molecule has 3 unspecified atom stereocenters. The standard InChI is InChI=1S/C15H30N2O/c1-5-17(10-15(4,18)11(2)3)14-8-12-6-7-13(9-14)16-12/h11-14,16,18H,5-10H2,1-4H3. The SMILES string of the molecule is CCN(CC(C)(O)C(C)C)C1CC2CCC(C1)N2. The van der Waals surface area contributed by atoms with Gasteiger partial charge in [0.05, 0.1) is 5.60 Å². The zero-order chi connectivity index (χ0) is 13.3. The van der Waals surface area contributed by atoms with E-state index >= 15 is 0 Å². The van der Waals surface area contributed by atoms with Gasteiger partial charge in [0.1, 0.15) is 0 Å². The maximum atomic E-state index is 10.5. The van der Waals surface area contributed by atoms with Crippen LogP contribution in [-0.4, -0.2) is 46.8 Å². The van der Waals surface area contributed by atoms with Crippen molar-refractivity contribution >= 4 is 0 Å². The highest BCUT2D eigenvalue weighted by Crippen LogP contribution is 2.31. The zero-order valence-electron chi connectivity index (χ0n) is 12.4. The molecule has 0 aromatic rings. The van der Waals surface area contributed by atoms with Gasteiger partial charge in [-0.15, -0.1) is 0 Å². The van der Waals surface area contributed by atoms with Crippen LogP contribution in [0.25, 0.3) is 0 Å². The summed E-state index contributed by atoms with van der Waals surface area (Å²) in [6.07, 6.45) is 5.22. The summed E-state index contributed by atoms with van der Waals surface area (Å²) in [6, 6.07) is 2.12. The van der Waals surface area contributed by atoms with E-state index in [2.05, 4.69) is 31.0 Å². The van der Waals surface area contributed by atoms with Crippen LogP contribution in [0.15, 0.2) is 0 Å². The Hall–Kier alpha value is -0.120. The summed E-state index contributed by atoms with van der Waals surface area (Å²) in [5.41, 5.74) is -0.570. The van der Waals surface area contributed by atoms with Crippen LogP contribution in [0.5, 0.6) is 0 Å². The number of piperidine rings is 1. The molecule has 2 fully saturated rings. The van der Waals surface area contributed by atoms with Crippen LogP contribution in [-0.2, 0) is 0 Å². The molecule has 2 heterocycles. The molecule has 18 heavy (non-hydrogen) atoms. The fourth-order valence-corrected chi connectivity index (χ4v) is 3.42. The average molecular weight is 254 g/mol. The van der Waals surface area contributed by atoms with Gasteiger partial charge in [0.2, 0.25) is 0 Å². The van der Waals surface area contributed by atoms with Crippen LogP contribution in [0, 0.1) is 5.92 Å². The fraction of sp³-hybridized carbons (Fsp3) is 1.00. The van der Waals surface area contributed by atoms with Crippen molar-refractivity contribution in [3.05, 3.63) is 0 Å². The van der Waals surface area contributed by atoms with E-state index in [0.29, 0.717) is 12.0 Å². The minimum Gasteiger partial charge on any atom is -0.389 e. The number of nitrogens with one attached hydrogen (secondary N) is 1.